The molecule has 3 N–H and O–H groups in total. The molecule has 0 aromatic heterocycles. The first-order chi connectivity index (χ1) is 8.11. The van der Waals surface area contributed by atoms with Crippen molar-refractivity contribution in [2.45, 2.75) is 12.5 Å². The second-order valence-electron chi connectivity index (χ2n) is 3.11. The van der Waals surface area contributed by atoms with Crippen LogP contribution in [0.25, 0.3) is 0 Å². The second-order valence-corrected chi connectivity index (χ2v) is 4.21. The molecule has 0 rings (SSSR count). The number of carboxylic acids is 1. The van der Waals surface area contributed by atoms with Gasteiger partial charge in [0.05, 0.1) is 5.75 Å². The fourth-order valence-corrected chi connectivity index (χ4v) is 1.80. The Labute approximate surface area is 104 Å². The van der Waals surface area contributed by atoms with Crippen molar-refractivity contribution in [3.8, 4) is 0 Å². The summed E-state index contributed by atoms with van der Waals surface area (Å²) in [6.07, 6.45) is 2.23. The lowest BCUT2D eigenvalue weighted by molar-refractivity contribution is -0.140. The van der Waals surface area contributed by atoms with Gasteiger partial charge < -0.3 is 15.7 Å². The van der Waals surface area contributed by atoms with E-state index >= 15 is 0 Å². The number of carbonyl (C=O) groups excluding carboxylic acids is 2. The fourth-order valence-electron chi connectivity index (χ4n) is 0.963. The molecule has 6 nitrogen and oxygen atoms in total. The summed E-state index contributed by atoms with van der Waals surface area (Å²) >= 11 is 1.32. The van der Waals surface area contributed by atoms with Gasteiger partial charge in [0, 0.05) is 6.54 Å². The molecule has 2 amide bonds. The minimum Gasteiger partial charge on any atom is -0.480 e. The van der Waals surface area contributed by atoms with E-state index in [-0.39, 0.29) is 18.1 Å². The SMILES string of the molecule is C=CCNC(=O)CSCCC(NC=O)C(=O)O. The number of carbonyl (C=O) groups is 3. The average molecular weight is 260 g/mol. The molecule has 0 heterocycles. The van der Waals surface area contributed by atoms with Crippen molar-refractivity contribution in [3.05, 3.63) is 12.7 Å². The van der Waals surface area contributed by atoms with Crippen LogP contribution in [0.4, 0.5) is 0 Å². The van der Waals surface area contributed by atoms with E-state index in [4.69, 9.17) is 5.11 Å². The van der Waals surface area contributed by atoms with Crippen LogP contribution in [0.1, 0.15) is 6.42 Å². The molecule has 1 unspecified atom stereocenters. The van der Waals surface area contributed by atoms with E-state index in [1.807, 2.05) is 0 Å². The quantitative estimate of drug-likeness (QED) is 0.282. The lowest BCUT2D eigenvalue weighted by Crippen LogP contribution is -2.36. The highest BCUT2D eigenvalue weighted by molar-refractivity contribution is 7.99. The van der Waals surface area contributed by atoms with E-state index in [2.05, 4.69) is 17.2 Å². The summed E-state index contributed by atoms with van der Waals surface area (Å²) in [7, 11) is 0. The van der Waals surface area contributed by atoms with E-state index in [1.54, 1.807) is 6.08 Å². The Balaban J connectivity index is 3.67. The Morgan fingerprint density at radius 2 is 2.18 bits per heavy atom. The maximum atomic E-state index is 11.1. The molecule has 0 radical (unpaired) electrons. The Morgan fingerprint density at radius 3 is 2.71 bits per heavy atom. The number of carboxylic acid groups (broad SMARTS) is 1. The van der Waals surface area contributed by atoms with Crippen LogP contribution in [0, 0.1) is 0 Å². The van der Waals surface area contributed by atoms with E-state index < -0.39 is 12.0 Å². The fraction of sp³-hybridized carbons (Fsp3) is 0.500. The highest BCUT2D eigenvalue weighted by Crippen LogP contribution is 2.04. The van der Waals surface area contributed by atoms with Crippen LogP contribution in [-0.2, 0) is 14.4 Å². The van der Waals surface area contributed by atoms with Crippen molar-refractivity contribution in [2.75, 3.05) is 18.1 Å². The minimum absolute atomic E-state index is 0.120. The first kappa shape index (κ1) is 15.5. The molecule has 0 aliphatic heterocycles. The third-order valence-corrected chi connectivity index (χ3v) is 2.79. The summed E-state index contributed by atoms with van der Waals surface area (Å²) in [6.45, 7) is 3.88. The molecular weight excluding hydrogens is 244 g/mol. The summed E-state index contributed by atoms with van der Waals surface area (Å²) < 4.78 is 0. The largest absolute Gasteiger partial charge is 0.480 e. The van der Waals surface area contributed by atoms with Crippen LogP contribution in [0.3, 0.4) is 0 Å². The van der Waals surface area contributed by atoms with Crippen LogP contribution < -0.4 is 10.6 Å². The van der Waals surface area contributed by atoms with Crippen molar-refractivity contribution in [2.24, 2.45) is 0 Å². The Bertz CT molecular complexity index is 283. The van der Waals surface area contributed by atoms with Crippen LogP contribution in [0.5, 0.6) is 0 Å². The Hall–Kier alpha value is -1.50. The van der Waals surface area contributed by atoms with Crippen molar-refractivity contribution < 1.29 is 19.5 Å². The van der Waals surface area contributed by atoms with Crippen molar-refractivity contribution >= 4 is 30.0 Å². The number of aliphatic carboxylic acids is 1. The molecule has 0 saturated heterocycles. The third-order valence-electron chi connectivity index (χ3n) is 1.79. The zero-order chi connectivity index (χ0) is 13.1. The highest BCUT2D eigenvalue weighted by atomic mass is 32.2. The zero-order valence-corrected chi connectivity index (χ0v) is 10.2. The molecule has 1 atom stereocenters. The number of hydrogen-bond donors (Lipinski definition) is 3. The number of thioether (sulfide) groups is 1. The maximum absolute atomic E-state index is 11.1. The van der Waals surface area contributed by atoms with Gasteiger partial charge in [0.1, 0.15) is 6.04 Å². The van der Waals surface area contributed by atoms with Crippen LogP contribution >= 0.6 is 11.8 Å². The van der Waals surface area contributed by atoms with Gasteiger partial charge in [0.2, 0.25) is 12.3 Å². The summed E-state index contributed by atoms with van der Waals surface area (Å²) in [6, 6.07) is -0.892. The second kappa shape index (κ2) is 9.71. The van der Waals surface area contributed by atoms with Gasteiger partial charge >= 0.3 is 5.97 Å². The number of hydrogen-bond acceptors (Lipinski definition) is 4. The smallest absolute Gasteiger partial charge is 0.326 e. The van der Waals surface area contributed by atoms with Crippen molar-refractivity contribution in [1.29, 1.82) is 0 Å². The first-order valence-electron chi connectivity index (χ1n) is 4.99. The molecule has 0 bridgehead atoms. The molecule has 0 saturated carbocycles. The Morgan fingerprint density at radius 1 is 1.47 bits per heavy atom. The van der Waals surface area contributed by atoms with Gasteiger partial charge in [0.25, 0.3) is 0 Å². The molecule has 0 aliphatic rings. The molecule has 0 aromatic rings. The Kier molecular flexibility index (Phi) is 8.85. The summed E-state index contributed by atoms with van der Waals surface area (Å²) in [5.74, 6) is -0.445. The maximum Gasteiger partial charge on any atom is 0.326 e. The predicted molar refractivity (Wildman–Crippen MR) is 65.8 cm³/mol. The van der Waals surface area contributed by atoms with Crippen LogP contribution in [0.15, 0.2) is 12.7 Å². The molecule has 0 spiro atoms. The van der Waals surface area contributed by atoms with Crippen LogP contribution in [-0.4, -0.2) is 47.5 Å². The molecule has 0 aliphatic carbocycles. The van der Waals surface area contributed by atoms with Gasteiger partial charge in [-0.25, -0.2) is 4.79 Å². The summed E-state index contributed by atoms with van der Waals surface area (Å²) in [4.78, 5) is 31.9. The topological polar surface area (TPSA) is 95.5 Å². The van der Waals surface area contributed by atoms with Gasteiger partial charge in [-0.2, -0.15) is 11.8 Å². The molecule has 96 valence electrons. The van der Waals surface area contributed by atoms with Gasteiger partial charge in [0.15, 0.2) is 0 Å². The predicted octanol–water partition coefficient (Wildman–Crippen LogP) is -0.389. The number of rotatable bonds is 10. The van der Waals surface area contributed by atoms with Crippen molar-refractivity contribution in [3.63, 3.8) is 0 Å². The lowest BCUT2D eigenvalue weighted by atomic mass is 10.2. The number of amides is 2. The molecule has 17 heavy (non-hydrogen) atoms. The lowest BCUT2D eigenvalue weighted by Gasteiger charge is -2.10. The summed E-state index contributed by atoms with van der Waals surface area (Å²) in [5, 5.41) is 13.5. The van der Waals surface area contributed by atoms with Gasteiger partial charge in [-0.1, -0.05) is 6.08 Å². The third kappa shape index (κ3) is 8.32. The van der Waals surface area contributed by atoms with Gasteiger partial charge in [-0.15, -0.1) is 6.58 Å². The molecular formula is C10H16N2O4S. The minimum atomic E-state index is -1.08. The van der Waals surface area contributed by atoms with Gasteiger partial charge in [-0.05, 0) is 12.2 Å². The monoisotopic (exact) mass is 260 g/mol. The average Bonchev–Trinajstić information content (AvgIpc) is 2.30. The standard InChI is InChI=1S/C10H16N2O4S/c1-2-4-11-9(14)6-17-5-3-8(10(15)16)12-7-13/h2,7-8H,1,3-6H2,(H,11,14)(H,12,13)(H,15,16). The van der Waals surface area contributed by atoms with E-state index in [9.17, 15) is 14.4 Å². The molecule has 0 aromatic carbocycles. The van der Waals surface area contributed by atoms with E-state index in [0.717, 1.165) is 0 Å². The van der Waals surface area contributed by atoms with Crippen molar-refractivity contribution in [1.82, 2.24) is 10.6 Å². The molecule has 0 fully saturated rings. The van der Waals surface area contributed by atoms with E-state index in [1.165, 1.54) is 11.8 Å². The van der Waals surface area contributed by atoms with E-state index in [0.29, 0.717) is 18.7 Å². The first-order valence-corrected chi connectivity index (χ1v) is 6.15. The molecule has 7 heteroatoms. The van der Waals surface area contributed by atoms with Gasteiger partial charge in [-0.3, -0.25) is 9.59 Å². The van der Waals surface area contributed by atoms with Crippen LogP contribution in [0.2, 0.25) is 0 Å². The number of nitrogens with one attached hydrogen (secondary N) is 2. The summed E-state index contributed by atoms with van der Waals surface area (Å²) in [5.41, 5.74) is 0. The zero-order valence-electron chi connectivity index (χ0n) is 9.35. The highest BCUT2D eigenvalue weighted by Gasteiger charge is 2.15. The normalized spacial score (nSPS) is 11.3.